The molecule has 1 fully saturated rings. The van der Waals surface area contributed by atoms with Crippen LogP contribution in [0.2, 0.25) is 0 Å². The molecule has 0 unspecified atom stereocenters. The van der Waals surface area contributed by atoms with E-state index in [4.69, 9.17) is 9.47 Å². The van der Waals surface area contributed by atoms with Crippen molar-refractivity contribution >= 4 is 12.1 Å². The van der Waals surface area contributed by atoms with Crippen molar-refractivity contribution in [2.24, 2.45) is 5.92 Å². The molecule has 0 spiro atoms. The number of ether oxygens (including phenoxy) is 2. The second-order valence-corrected chi connectivity index (χ2v) is 4.19. The highest BCUT2D eigenvalue weighted by Gasteiger charge is 2.42. The maximum absolute atomic E-state index is 11.8. The predicted octanol–water partition coefficient (Wildman–Crippen LogP) is 1.65. The van der Waals surface area contributed by atoms with Gasteiger partial charge in [0.2, 0.25) is 0 Å². The first-order valence-corrected chi connectivity index (χ1v) is 5.73. The molecule has 96 valence electrons. The molecule has 2 rings (SSSR count). The van der Waals surface area contributed by atoms with E-state index in [2.05, 4.69) is 5.32 Å². The van der Waals surface area contributed by atoms with Gasteiger partial charge in [0.15, 0.2) is 0 Å². The zero-order chi connectivity index (χ0) is 13.1. The molecule has 0 aromatic heterocycles. The first-order valence-electron chi connectivity index (χ1n) is 5.73. The summed E-state index contributed by atoms with van der Waals surface area (Å²) in [5.74, 6) is -0.938. The quantitative estimate of drug-likeness (QED) is 0.809. The van der Waals surface area contributed by atoms with Crippen molar-refractivity contribution in [2.45, 2.75) is 19.1 Å². The lowest BCUT2D eigenvalue weighted by atomic mass is 9.88. The van der Waals surface area contributed by atoms with Gasteiger partial charge in [-0.2, -0.15) is 0 Å². The molecule has 0 saturated carbocycles. The summed E-state index contributed by atoms with van der Waals surface area (Å²) in [6, 6.07) is 8.89. The number of carbonyl (C=O) groups excluding carboxylic acids is 2. The molecule has 18 heavy (non-hydrogen) atoms. The molecule has 5 nitrogen and oxygen atoms in total. The van der Waals surface area contributed by atoms with Crippen LogP contribution in [0.3, 0.4) is 0 Å². The van der Waals surface area contributed by atoms with Gasteiger partial charge in [-0.05, 0) is 12.5 Å². The average Bonchev–Trinajstić information content (AvgIpc) is 2.38. The van der Waals surface area contributed by atoms with Gasteiger partial charge in [-0.25, -0.2) is 4.79 Å². The Kier molecular flexibility index (Phi) is 3.50. The molecular weight excluding hydrogens is 234 g/mol. The number of cyclic esters (lactones) is 1. The number of benzene rings is 1. The van der Waals surface area contributed by atoms with Gasteiger partial charge < -0.3 is 14.8 Å². The minimum absolute atomic E-state index is 0.392. The number of nitrogens with one attached hydrogen (secondary N) is 1. The first-order chi connectivity index (χ1) is 8.63. The Morgan fingerprint density at radius 2 is 2.00 bits per heavy atom. The Morgan fingerprint density at radius 3 is 2.61 bits per heavy atom. The summed E-state index contributed by atoms with van der Waals surface area (Å²) >= 11 is 0. The highest BCUT2D eigenvalue weighted by atomic mass is 16.6. The topological polar surface area (TPSA) is 64.6 Å². The van der Waals surface area contributed by atoms with Crippen molar-refractivity contribution in [3.63, 3.8) is 0 Å². The summed E-state index contributed by atoms with van der Waals surface area (Å²) in [4.78, 5) is 23.2. The lowest BCUT2D eigenvalue weighted by Gasteiger charge is -2.35. The smallest absolute Gasteiger partial charge is 0.407 e. The van der Waals surface area contributed by atoms with Crippen LogP contribution in [0.4, 0.5) is 4.79 Å². The minimum atomic E-state index is -0.546. The molecule has 0 bridgehead atoms. The van der Waals surface area contributed by atoms with E-state index >= 15 is 0 Å². The predicted molar refractivity (Wildman–Crippen MR) is 63.8 cm³/mol. The number of methoxy groups -OCH3 is 1. The lowest BCUT2D eigenvalue weighted by molar-refractivity contribution is -0.152. The molecule has 3 atom stereocenters. The molecule has 1 aromatic rings. The van der Waals surface area contributed by atoms with Gasteiger partial charge in [0.1, 0.15) is 12.0 Å². The number of hydrogen-bond acceptors (Lipinski definition) is 4. The largest absolute Gasteiger partial charge is 0.469 e. The van der Waals surface area contributed by atoms with Gasteiger partial charge in [0.05, 0.1) is 13.2 Å². The van der Waals surface area contributed by atoms with Gasteiger partial charge in [0, 0.05) is 0 Å². The van der Waals surface area contributed by atoms with Gasteiger partial charge in [-0.3, -0.25) is 4.79 Å². The van der Waals surface area contributed by atoms with Crippen LogP contribution in [-0.2, 0) is 14.3 Å². The third kappa shape index (κ3) is 2.30. The fraction of sp³-hybridized carbons (Fsp3) is 0.385. The molecule has 1 aliphatic rings. The van der Waals surface area contributed by atoms with Crippen molar-refractivity contribution in [1.82, 2.24) is 5.32 Å². The molecule has 1 heterocycles. The van der Waals surface area contributed by atoms with Gasteiger partial charge in [0.25, 0.3) is 0 Å². The zero-order valence-corrected chi connectivity index (χ0v) is 10.3. The van der Waals surface area contributed by atoms with E-state index in [9.17, 15) is 9.59 Å². The molecule has 0 radical (unpaired) electrons. The van der Waals surface area contributed by atoms with Crippen molar-refractivity contribution in [3.8, 4) is 0 Å². The molecule has 0 aliphatic carbocycles. The Labute approximate surface area is 105 Å². The van der Waals surface area contributed by atoms with Crippen LogP contribution in [0.25, 0.3) is 0 Å². The van der Waals surface area contributed by atoms with E-state index in [1.807, 2.05) is 30.3 Å². The van der Waals surface area contributed by atoms with E-state index in [1.165, 1.54) is 7.11 Å². The number of esters is 1. The molecule has 1 aliphatic heterocycles. The van der Waals surface area contributed by atoms with E-state index < -0.39 is 30.1 Å². The fourth-order valence-corrected chi connectivity index (χ4v) is 2.18. The van der Waals surface area contributed by atoms with Crippen LogP contribution >= 0.6 is 0 Å². The molecule has 1 N–H and O–H groups in total. The summed E-state index contributed by atoms with van der Waals surface area (Å²) in [5, 5.41) is 2.67. The van der Waals surface area contributed by atoms with Crippen molar-refractivity contribution in [2.75, 3.05) is 7.11 Å². The second-order valence-electron chi connectivity index (χ2n) is 4.19. The third-order valence-electron chi connectivity index (χ3n) is 3.06. The fourth-order valence-electron chi connectivity index (χ4n) is 2.18. The highest BCUT2D eigenvalue weighted by molar-refractivity contribution is 5.78. The standard InChI is InChI=1S/C13H15NO4/c1-8-10(12(15)17-2)11(14-13(16)18-8)9-6-4-3-5-7-9/h3-8,10-11H,1-2H3,(H,14,16)/t8-,10-,11+/m1/s1. The SMILES string of the molecule is COC(=O)[C@@H]1[C@@H](C)OC(=O)N[C@H]1c1ccccc1. The van der Waals surface area contributed by atoms with Crippen LogP contribution < -0.4 is 5.32 Å². The van der Waals surface area contributed by atoms with Gasteiger partial charge >= 0.3 is 12.1 Å². The van der Waals surface area contributed by atoms with Gasteiger partial charge in [-0.1, -0.05) is 30.3 Å². The van der Waals surface area contributed by atoms with Crippen LogP contribution in [0.5, 0.6) is 0 Å². The van der Waals surface area contributed by atoms with Crippen molar-refractivity contribution < 1.29 is 19.1 Å². The molecule has 1 saturated heterocycles. The average molecular weight is 249 g/mol. The summed E-state index contributed by atoms with van der Waals surface area (Å²) in [5.41, 5.74) is 0.858. The maximum atomic E-state index is 11.8. The van der Waals surface area contributed by atoms with E-state index in [-0.39, 0.29) is 0 Å². The third-order valence-corrected chi connectivity index (χ3v) is 3.06. The molecule has 1 amide bonds. The number of hydrogen-bond donors (Lipinski definition) is 1. The number of amides is 1. The van der Waals surface area contributed by atoms with Crippen molar-refractivity contribution in [1.29, 1.82) is 0 Å². The number of alkyl carbamates (subject to hydrolysis) is 1. The second kappa shape index (κ2) is 5.08. The highest BCUT2D eigenvalue weighted by Crippen LogP contribution is 2.30. The van der Waals surface area contributed by atoms with E-state index in [1.54, 1.807) is 6.92 Å². The summed E-state index contributed by atoms with van der Waals surface area (Å²) < 4.78 is 9.80. The van der Waals surface area contributed by atoms with Crippen LogP contribution in [0.15, 0.2) is 30.3 Å². The Morgan fingerprint density at radius 1 is 1.33 bits per heavy atom. The Bertz CT molecular complexity index is 446. The van der Waals surface area contributed by atoms with Crippen LogP contribution in [0, 0.1) is 5.92 Å². The summed E-state index contributed by atoms with van der Waals surface area (Å²) in [6.07, 6.45) is -1.03. The molecule has 5 heteroatoms. The first kappa shape index (κ1) is 12.4. The monoisotopic (exact) mass is 249 g/mol. The van der Waals surface area contributed by atoms with Crippen molar-refractivity contribution in [3.05, 3.63) is 35.9 Å². The lowest BCUT2D eigenvalue weighted by Crippen LogP contribution is -2.49. The summed E-state index contributed by atoms with van der Waals surface area (Å²) in [6.45, 7) is 1.69. The normalized spacial score (nSPS) is 27.0. The summed E-state index contributed by atoms with van der Waals surface area (Å²) in [7, 11) is 1.33. The molecule has 1 aromatic carbocycles. The van der Waals surface area contributed by atoms with Gasteiger partial charge in [-0.15, -0.1) is 0 Å². The maximum Gasteiger partial charge on any atom is 0.407 e. The van der Waals surface area contributed by atoms with Crippen LogP contribution in [-0.4, -0.2) is 25.3 Å². The minimum Gasteiger partial charge on any atom is -0.469 e. The Balaban J connectivity index is 2.33. The van der Waals surface area contributed by atoms with Crippen LogP contribution in [0.1, 0.15) is 18.5 Å². The number of rotatable bonds is 2. The Hall–Kier alpha value is -2.04. The van der Waals surface area contributed by atoms with E-state index in [0.717, 1.165) is 5.56 Å². The molecular formula is C13H15NO4. The zero-order valence-electron chi connectivity index (χ0n) is 10.3. The van der Waals surface area contributed by atoms with E-state index in [0.29, 0.717) is 0 Å². The number of carbonyl (C=O) groups is 2.